The SMILES string of the molecule is O=C1c2ccccc2C(Cc2ccncc2)(Cc2ccncc2)c2ccccc21.[Cl-].[Cl-]. The van der Waals surface area contributed by atoms with Crippen molar-refractivity contribution in [3.63, 3.8) is 0 Å². The van der Waals surface area contributed by atoms with E-state index in [1.165, 1.54) is 11.1 Å². The lowest BCUT2D eigenvalue weighted by atomic mass is 9.61. The Bertz CT molecular complexity index is 1090. The summed E-state index contributed by atoms with van der Waals surface area (Å²) in [6, 6.07) is 24.4. The normalized spacial score (nSPS) is 13.2. The molecule has 0 saturated carbocycles. The molecule has 0 saturated heterocycles. The van der Waals surface area contributed by atoms with Gasteiger partial charge in [-0.05, 0) is 59.4 Å². The molecule has 1 aliphatic carbocycles. The predicted octanol–water partition coefficient (Wildman–Crippen LogP) is -1.20. The average molecular weight is 447 g/mol. The van der Waals surface area contributed by atoms with Crippen LogP contribution in [0.3, 0.4) is 0 Å². The summed E-state index contributed by atoms with van der Waals surface area (Å²) >= 11 is 0. The first-order chi connectivity index (χ1) is 14.3. The summed E-state index contributed by atoms with van der Waals surface area (Å²) in [6.07, 6.45) is 8.92. The van der Waals surface area contributed by atoms with Gasteiger partial charge in [-0.1, -0.05) is 48.5 Å². The maximum absolute atomic E-state index is 13.3. The molecule has 0 aliphatic heterocycles. The van der Waals surface area contributed by atoms with Gasteiger partial charge in [0.2, 0.25) is 0 Å². The Morgan fingerprint density at radius 1 is 0.581 bits per heavy atom. The zero-order valence-electron chi connectivity index (χ0n) is 16.7. The third-order valence-electron chi connectivity index (χ3n) is 5.89. The smallest absolute Gasteiger partial charge is 0.193 e. The van der Waals surface area contributed by atoms with E-state index in [0.29, 0.717) is 0 Å². The topological polar surface area (TPSA) is 42.9 Å². The van der Waals surface area contributed by atoms with Gasteiger partial charge in [0.15, 0.2) is 5.78 Å². The number of hydrogen-bond donors (Lipinski definition) is 0. The Morgan fingerprint density at radius 2 is 0.968 bits per heavy atom. The standard InChI is InChI=1S/C26H20N2O.2ClH/c29-25-21-5-1-3-7-23(21)26(17-19-9-13-27-14-10-19,18-20-11-15-28-16-12-20)24-8-4-2-6-22(24)25;;/h1-16H,17-18H2;2*1H/p-2. The number of halogens is 2. The van der Waals surface area contributed by atoms with E-state index in [1.807, 2.05) is 61.2 Å². The van der Waals surface area contributed by atoms with Gasteiger partial charge in [-0.2, -0.15) is 0 Å². The van der Waals surface area contributed by atoms with E-state index in [2.05, 4.69) is 46.4 Å². The highest BCUT2D eigenvalue weighted by Crippen LogP contribution is 2.46. The molecule has 0 amide bonds. The maximum atomic E-state index is 13.3. The summed E-state index contributed by atoms with van der Waals surface area (Å²) in [4.78, 5) is 21.6. The van der Waals surface area contributed by atoms with Gasteiger partial charge in [0.25, 0.3) is 0 Å². The molecule has 2 heterocycles. The number of carbonyl (C=O) groups excluding carboxylic acids is 1. The summed E-state index contributed by atoms with van der Waals surface area (Å²) < 4.78 is 0. The first kappa shape index (κ1) is 22.7. The Morgan fingerprint density at radius 3 is 1.39 bits per heavy atom. The van der Waals surface area contributed by atoms with Crippen molar-refractivity contribution in [3.05, 3.63) is 131 Å². The van der Waals surface area contributed by atoms with Crippen LogP contribution in [0.5, 0.6) is 0 Å². The molecule has 2 aromatic carbocycles. The molecule has 0 radical (unpaired) electrons. The number of aromatic nitrogens is 2. The molecule has 4 aromatic rings. The second-order valence-electron chi connectivity index (χ2n) is 7.57. The fourth-order valence-corrected chi connectivity index (χ4v) is 4.63. The van der Waals surface area contributed by atoms with E-state index in [0.717, 1.165) is 35.1 Å². The van der Waals surface area contributed by atoms with Crippen LogP contribution >= 0.6 is 0 Å². The van der Waals surface area contributed by atoms with Gasteiger partial charge in [0, 0.05) is 41.3 Å². The van der Waals surface area contributed by atoms with Crippen LogP contribution in [0, 0.1) is 0 Å². The summed E-state index contributed by atoms with van der Waals surface area (Å²) in [5.74, 6) is 0.108. The van der Waals surface area contributed by atoms with Gasteiger partial charge in [-0.15, -0.1) is 0 Å². The molecule has 1 aliphatic rings. The quantitative estimate of drug-likeness (QED) is 0.395. The van der Waals surface area contributed by atoms with Crippen molar-refractivity contribution in [2.45, 2.75) is 18.3 Å². The number of hydrogen-bond acceptors (Lipinski definition) is 3. The molecule has 0 unspecified atom stereocenters. The molecule has 5 heteroatoms. The van der Waals surface area contributed by atoms with Crippen LogP contribution in [0.15, 0.2) is 97.6 Å². The van der Waals surface area contributed by atoms with Gasteiger partial charge in [-0.3, -0.25) is 14.8 Å². The molecule has 3 nitrogen and oxygen atoms in total. The molecule has 156 valence electrons. The highest BCUT2D eigenvalue weighted by Gasteiger charge is 2.43. The second-order valence-corrected chi connectivity index (χ2v) is 7.57. The Kier molecular flexibility index (Phi) is 6.89. The predicted molar refractivity (Wildman–Crippen MR) is 113 cm³/mol. The number of benzene rings is 2. The van der Waals surface area contributed by atoms with Crippen molar-refractivity contribution in [1.29, 1.82) is 0 Å². The first-order valence-corrected chi connectivity index (χ1v) is 9.79. The van der Waals surface area contributed by atoms with E-state index in [1.54, 1.807) is 0 Å². The number of fused-ring (bicyclic) bond motifs is 2. The van der Waals surface area contributed by atoms with Crippen LogP contribution in [-0.2, 0) is 18.3 Å². The Hall–Kier alpha value is -3.01. The van der Waals surface area contributed by atoms with Crippen molar-refractivity contribution in [2.24, 2.45) is 0 Å². The summed E-state index contributed by atoms with van der Waals surface area (Å²) in [5.41, 5.74) is 5.85. The van der Waals surface area contributed by atoms with Gasteiger partial charge in [0.05, 0.1) is 0 Å². The summed E-state index contributed by atoms with van der Waals surface area (Å²) in [6.45, 7) is 0. The number of carbonyl (C=O) groups is 1. The van der Waals surface area contributed by atoms with Gasteiger partial charge in [-0.25, -0.2) is 0 Å². The molecule has 0 atom stereocenters. The molecule has 0 fully saturated rings. The largest absolute Gasteiger partial charge is 1.00 e. The molecule has 5 rings (SSSR count). The Balaban J connectivity index is 0.00000136. The highest BCUT2D eigenvalue weighted by atomic mass is 35.5. The van der Waals surface area contributed by atoms with Crippen LogP contribution < -0.4 is 24.8 Å². The van der Waals surface area contributed by atoms with Crippen molar-refractivity contribution in [3.8, 4) is 0 Å². The van der Waals surface area contributed by atoms with Crippen molar-refractivity contribution < 1.29 is 29.6 Å². The highest BCUT2D eigenvalue weighted by molar-refractivity contribution is 6.13. The Labute approximate surface area is 194 Å². The lowest BCUT2D eigenvalue weighted by Gasteiger charge is -2.41. The molecule has 31 heavy (non-hydrogen) atoms. The molecular formula is C26H20Cl2N2O-2. The van der Waals surface area contributed by atoms with Gasteiger partial charge >= 0.3 is 0 Å². The van der Waals surface area contributed by atoms with Crippen molar-refractivity contribution >= 4 is 5.78 Å². The van der Waals surface area contributed by atoms with Crippen LogP contribution in [0.25, 0.3) is 0 Å². The summed E-state index contributed by atoms with van der Waals surface area (Å²) in [7, 11) is 0. The van der Waals surface area contributed by atoms with Crippen LogP contribution in [0.4, 0.5) is 0 Å². The first-order valence-electron chi connectivity index (χ1n) is 9.79. The fraction of sp³-hybridized carbons (Fsp3) is 0.115. The minimum Gasteiger partial charge on any atom is -1.00 e. The number of nitrogens with zero attached hydrogens (tertiary/aromatic N) is 2. The van der Waals surface area contributed by atoms with Crippen LogP contribution in [-0.4, -0.2) is 15.8 Å². The monoisotopic (exact) mass is 446 g/mol. The van der Waals surface area contributed by atoms with Crippen molar-refractivity contribution in [2.75, 3.05) is 0 Å². The minimum atomic E-state index is -0.343. The van der Waals surface area contributed by atoms with Crippen LogP contribution in [0.1, 0.15) is 38.2 Å². The number of ketones is 1. The van der Waals surface area contributed by atoms with Gasteiger partial charge in [0.1, 0.15) is 0 Å². The number of rotatable bonds is 4. The third-order valence-corrected chi connectivity index (χ3v) is 5.89. The van der Waals surface area contributed by atoms with E-state index in [-0.39, 0.29) is 36.0 Å². The molecule has 0 N–H and O–H groups in total. The third kappa shape index (κ3) is 3.99. The lowest BCUT2D eigenvalue weighted by Crippen LogP contribution is -3.00. The zero-order valence-corrected chi connectivity index (χ0v) is 18.2. The van der Waals surface area contributed by atoms with E-state index in [4.69, 9.17) is 0 Å². The summed E-state index contributed by atoms with van der Waals surface area (Å²) in [5, 5.41) is 0. The van der Waals surface area contributed by atoms with Crippen molar-refractivity contribution in [1.82, 2.24) is 9.97 Å². The molecule has 2 aromatic heterocycles. The lowest BCUT2D eigenvalue weighted by molar-refractivity contribution is -0.001000. The van der Waals surface area contributed by atoms with E-state index >= 15 is 0 Å². The maximum Gasteiger partial charge on any atom is 0.193 e. The average Bonchev–Trinajstić information content (AvgIpc) is 2.79. The number of pyridine rings is 2. The van der Waals surface area contributed by atoms with E-state index < -0.39 is 0 Å². The fourth-order valence-electron chi connectivity index (χ4n) is 4.63. The molecule has 0 spiro atoms. The molecule has 0 bridgehead atoms. The van der Waals surface area contributed by atoms with Crippen LogP contribution in [0.2, 0.25) is 0 Å². The minimum absolute atomic E-state index is 0. The second kappa shape index (κ2) is 9.42. The van der Waals surface area contributed by atoms with E-state index in [9.17, 15) is 4.79 Å². The van der Waals surface area contributed by atoms with Gasteiger partial charge < -0.3 is 24.8 Å². The molecular weight excluding hydrogens is 427 g/mol. The zero-order chi connectivity index (χ0) is 19.7.